The number of hydrogen-bond acceptors (Lipinski definition) is 6. The van der Waals surface area contributed by atoms with Crippen molar-refractivity contribution < 1.29 is 8.78 Å². The Morgan fingerprint density at radius 1 is 0.895 bits per heavy atom. The fourth-order valence-corrected chi connectivity index (χ4v) is 5.10. The topological polar surface area (TPSA) is 99.3 Å². The first kappa shape index (κ1) is 22.6. The summed E-state index contributed by atoms with van der Waals surface area (Å²) < 4.78 is 27.3. The number of likely N-dealkylation sites (tertiary alicyclic amines) is 1. The van der Waals surface area contributed by atoms with Gasteiger partial charge in [-0.25, -0.2) is 13.8 Å². The van der Waals surface area contributed by atoms with Crippen LogP contribution in [-0.4, -0.2) is 59.0 Å². The molecule has 2 N–H and O–H groups in total. The third-order valence-electron chi connectivity index (χ3n) is 6.95. The number of pyridine rings is 4. The van der Waals surface area contributed by atoms with Gasteiger partial charge in [-0.3, -0.25) is 25.0 Å². The molecule has 8 nitrogen and oxygen atoms in total. The number of H-pyrrole nitrogens is 2. The molecule has 0 unspecified atom stereocenters. The quantitative estimate of drug-likeness (QED) is 0.321. The number of nitrogens with zero attached hydrogens (tertiary/aromatic N) is 6. The summed E-state index contributed by atoms with van der Waals surface area (Å²) in [6.45, 7) is 0.587. The van der Waals surface area contributed by atoms with Gasteiger partial charge in [0.05, 0.1) is 35.2 Å². The number of aromatic amines is 2. The average Bonchev–Trinajstić information content (AvgIpc) is 3.64. The fraction of sp³-hybridized carbons (Fsp3) is 0.179. The molecule has 1 saturated heterocycles. The first-order chi connectivity index (χ1) is 18.5. The highest BCUT2D eigenvalue weighted by Gasteiger charge is 2.37. The molecule has 7 heterocycles. The molecule has 6 aromatic rings. The molecule has 0 amide bonds. The Morgan fingerprint density at radius 3 is 2.61 bits per heavy atom. The first-order valence-electron chi connectivity index (χ1n) is 12.3. The van der Waals surface area contributed by atoms with Crippen LogP contribution in [0.1, 0.15) is 12.0 Å². The minimum atomic E-state index is -2.62. The largest absolute Gasteiger partial charge is 0.352 e. The van der Waals surface area contributed by atoms with Gasteiger partial charge >= 0.3 is 0 Å². The Labute approximate surface area is 215 Å². The monoisotopic (exact) mass is 508 g/mol. The van der Waals surface area contributed by atoms with E-state index in [0.717, 1.165) is 55.6 Å². The van der Waals surface area contributed by atoms with E-state index in [1.54, 1.807) is 35.9 Å². The Bertz CT molecular complexity index is 1780. The summed E-state index contributed by atoms with van der Waals surface area (Å²) in [5, 5.41) is 8.65. The predicted molar refractivity (Wildman–Crippen MR) is 140 cm³/mol. The molecule has 7 rings (SSSR count). The number of halogens is 2. The second kappa shape index (κ2) is 8.77. The zero-order chi connectivity index (χ0) is 25.7. The molecule has 1 aliphatic heterocycles. The zero-order valence-electron chi connectivity index (χ0n) is 20.2. The van der Waals surface area contributed by atoms with Gasteiger partial charge in [0.2, 0.25) is 0 Å². The van der Waals surface area contributed by atoms with Crippen LogP contribution in [0.3, 0.4) is 0 Å². The van der Waals surface area contributed by atoms with Crippen molar-refractivity contribution in [1.82, 2.24) is 40.0 Å². The summed E-state index contributed by atoms with van der Waals surface area (Å²) >= 11 is 0. The fourth-order valence-electron chi connectivity index (χ4n) is 5.10. The number of hydrogen-bond donors (Lipinski definition) is 2. The smallest absolute Gasteiger partial charge is 0.261 e. The molecule has 0 saturated carbocycles. The molecule has 1 fully saturated rings. The Balaban J connectivity index is 1.24. The molecule has 0 atom stereocenters. The van der Waals surface area contributed by atoms with E-state index >= 15 is 0 Å². The second-order valence-electron chi connectivity index (χ2n) is 9.63. The van der Waals surface area contributed by atoms with Crippen molar-refractivity contribution in [3.05, 3.63) is 79.1 Å². The van der Waals surface area contributed by atoms with Crippen LogP contribution in [0.2, 0.25) is 0 Å². The van der Waals surface area contributed by atoms with E-state index < -0.39 is 5.92 Å². The number of fused-ring (bicyclic) bond motifs is 2. The number of nitrogens with one attached hydrogen (secondary N) is 2. The molecule has 10 heteroatoms. The highest BCUT2D eigenvalue weighted by molar-refractivity contribution is 5.99. The van der Waals surface area contributed by atoms with E-state index in [4.69, 9.17) is 4.98 Å². The van der Waals surface area contributed by atoms with Gasteiger partial charge in [-0.2, -0.15) is 5.10 Å². The van der Waals surface area contributed by atoms with E-state index in [-0.39, 0.29) is 13.0 Å². The first-order valence-corrected chi connectivity index (χ1v) is 12.3. The maximum absolute atomic E-state index is 13.6. The molecular formula is C28H22F2N8. The van der Waals surface area contributed by atoms with Gasteiger partial charge in [0.25, 0.3) is 5.92 Å². The van der Waals surface area contributed by atoms with Gasteiger partial charge in [-0.05, 0) is 47.5 Å². The van der Waals surface area contributed by atoms with Crippen LogP contribution < -0.4 is 0 Å². The maximum Gasteiger partial charge on any atom is 0.261 e. The molecule has 1 aliphatic rings. The third-order valence-corrected chi connectivity index (χ3v) is 6.95. The Hall–Kier alpha value is -4.57. The van der Waals surface area contributed by atoms with E-state index in [1.807, 2.05) is 36.5 Å². The molecular weight excluding hydrogens is 486 g/mol. The molecule has 38 heavy (non-hydrogen) atoms. The lowest BCUT2D eigenvalue weighted by atomic mass is 10.1. The van der Waals surface area contributed by atoms with Crippen molar-refractivity contribution in [3.8, 4) is 33.8 Å². The van der Waals surface area contributed by atoms with Gasteiger partial charge < -0.3 is 4.98 Å². The van der Waals surface area contributed by atoms with Gasteiger partial charge in [0.1, 0.15) is 11.2 Å². The Morgan fingerprint density at radius 2 is 1.76 bits per heavy atom. The van der Waals surface area contributed by atoms with Crippen LogP contribution >= 0.6 is 0 Å². The van der Waals surface area contributed by atoms with Crippen molar-refractivity contribution >= 4 is 21.9 Å². The van der Waals surface area contributed by atoms with Gasteiger partial charge in [-0.15, -0.1) is 0 Å². The van der Waals surface area contributed by atoms with Crippen LogP contribution in [0.5, 0.6) is 0 Å². The van der Waals surface area contributed by atoms with Gasteiger partial charge in [-0.1, -0.05) is 0 Å². The van der Waals surface area contributed by atoms with Crippen molar-refractivity contribution in [3.63, 3.8) is 0 Å². The third kappa shape index (κ3) is 4.08. The van der Waals surface area contributed by atoms with Crippen LogP contribution in [0.25, 0.3) is 55.7 Å². The molecule has 0 spiro atoms. The predicted octanol–water partition coefficient (Wildman–Crippen LogP) is 5.47. The van der Waals surface area contributed by atoms with Crippen LogP contribution in [0.4, 0.5) is 8.78 Å². The van der Waals surface area contributed by atoms with Crippen LogP contribution in [-0.2, 0) is 6.54 Å². The normalized spacial score (nSPS) is 15.5. The minimum Gasteiger partial charge on any atom is -0.352 e. The van der Waals surface area contributed by atoms with E-state index in [9.17, 15) is 8.78 Å². The maximum atomic E-state index is 13.6. The molecule has 0 aromatic carbocycles. The van der Waals surface area contributed by atoms with E-state index in [0.29, 0.717) is 18.8 Å². The second-order valence-corrected chi connectivity index (χ2v) is 9.63. The minimum absolute atomic E-state index is 0.102. The summed E-state index contributed by atoms with van der Waals surface area (Å²) in [5.74, 6) is -2.62. The number of rotatable bonds is 5. The standard InChI is InChI=1S/C28H22F2N8/c29-28(30)5-8-38(16-28)15-17-9-19(12-32-11-17)22-1-2-23-26(35-22)27(37-36-23)24-10-20-21(13-33-14-25(20)34-24)18-3-6-31-7-4-18/h1-4,6-7,9-14,34H,5,8,15-16H2,(H,36,37). The summed E-state index contributed by atoms with van der Waals surface area (Å²) in [7, 11) is 0. The van der Waals surface area contributed by atoms with Crippen molar-refractivity contribution in [2.45, 2.75) is 18.9 Å². The van der Waals surface area contributed by atoms with E-state index in [1.165, 1.54) is 0 Å². The zero-order valence-corrected chi connectivity index (χ0v) is 20.2. The SMILES string of the molecule is FC1(F)CCN(Cc2cncc(-c3ccc4[nH]nc(-c5cc6c(-c7ccncc7)cncc6[nH]5)c4n3)c2)C1. The Kier molecular flexibility index (Phi) is 5.22. The number of aromatic nitrogens is 7. The van der Waals surface area contributed by atoms with Crippen molar-refractivity contribution in [1.29, 1.82) is 0 Å². The molecule has 6 aromatic heterocycles. The highest BCUT2D eigenvalue weighted by atomic mass is 19.3. The molecule has 0 aliphatic carbocycles. The summed E-state index contributed by atoms with van der Waals surface area (Å²) in [4.78, 5) is 23.0. The molecule has 0 bridgehead atoms. The highest BCUT2D eigenvalue weighted by Crippen LogP contribution is 2.34. The lowest BCUT2D eigenvalue weighted by molar-refractivity contribution is 0.0115. The van der Waals surface area contributed by atoms with E-state index in [2.05, 4.69) is 36.2 Å². The summed E-state index contributed by atoms with van der Waals surface area (Å²) in [6, 6.07) is 11.8. The van der Waals surface area contributed by atoms with Crippen molar-refractivity contribution in [2.75, 3.05) is 13.1 Å². The lowest BCUT2D eigenvalue weighted by Gasteiger charge is -2.15. The summed E-state index contributed by atoms with van der Waals surface area (Å²) in [5.41, 5.74) is 8.39. The van der Waals surface area contributed by atoms with Gasteiger partial charge in [0.15, 0.2) is 0 Å². The van der Waals surface area contributed by atoms with Crippen LogP contribution in [0.15, 0.2) is 73.6 Å². The average molecular weight is 509 g/mol. The van der Waals surface area contributed by atoms with Crippen LogP contribution in [0, 0.1) is 0 Å². The van der Waals surface area contributed by atoms with Crippen molar-refractivity contribution in [2.24, 2.45) is 0 Å². The number of alkyl halides is 2. The van der Waals surface area contributed by atoms with Gasteiger partial charge in [0, 0.05) is 67.0 Å². The lowest BCUT2D eigenvalue weighted by Crippen LogP contribution is -2.24. The summed E-state index contributed by atoms with van der Waals surface area (Å²) in [6.07, 6.45) is 10.5. The molecule has 0 radical (unpaired) electrons. The molecule has 188 valence electrons.